The summed E-state index contributed by atoms with van der Waals surface area (Å²) in [6, 6.07) is 0.446. The number of hydrogen-bond donors (Lipinski definition) is 3. The average Bonchev–Trinajstić information content (AvgIpc) is 2.63. The normalized spacial score (nSPS) is 16.5. The highest BCUT2D eigenvalue weighted by Gasteiger charge is 2.23. The van der Waals surface area contributed by atoms with Crippen LogP contribution in [0.2, 0.25) is 0 Å². The quantitative estimate of drug-likeness (QED) is 0.747. The second-order valence-electron chi connectivity index (χ2n) is 5.12. The fourth-order valence-corrected chi connectivity index (χ4v) is 3.73. The first-order valence-electron chi connectivity index (χ1n) is 7.12. The third-order valence-electron chi connectivity index (χ3n) is 3.73. The highest BCUT2D eigenvalue weighted by Crippen LogP contribution is 2.43. The Kier molecular flexibility index (Phi) is 5.11. The van der Waals surface area contributed by atoms with Gasteiger partial charge in [-0.15, -0.1) is 11.3 Å². The van der Waals surface area contributed by atoms with Crippen molar-refractivity contribution in [2.45, 2.75) is 44.6 Å². The highest BCUT2D eigenvalue weighted by atomic mass is 32.1. The Morgan fingerprint density at radius 3 is 2.50 bits per heavy atom. The Labute approximate surface area is 123 Å². The van der Waals surface area contributed by atoms with E-state index in [-0.39, 0.29) is 5.91 Å². The van der Waals surface area contributed by atoms with Gasteiger partial charge in [-0.2, -0.15) is 0 Å². The number of carbonyl (C=O) groups excluding carboxylic acids is 1. The van der Waals surface area contributed by atoms with Gasteiger partial charge in [-0.1, -0.05) is 25.7 Å². The van der Waals surface area contributed by atoms with E-state index in [4.69, 9.17) is 10.5 Å². The molecule has 1 aliphatic carbocycles. The SMILES string of the molecule is CNC(=O)c1sc(NC2CCCCCC2)c(OC)c1N. The molecule has 1 aromatic heterocycles. The fraction of sp³-hybridized carbons (Fsp3) is 0.643. The molecular weight excluding hydrogens is 274 g/mol. The van der Waals surface area contributed by atoms with E-state index >= 15 is 0 Å². The molecule has 1 heterocycles. The summed E-state index contributed by atoms with van der Waals surface area (Å²) in [5.74, 6) is 0.428. The molecular formula is C14H23N3O2S. The molecule has 0 spiro atoms. The van der Waals surface area contributed by atoms with Crippen LogP contribution >= 0.6 is 11.3 Å². The first kappa shape index (κ1) is 15.0. The molecule has 4 N–H and O–H groups in total. The van der Waals surface area contributed by atoms with Crippen molar-refractivity contribution in [2.75, 3.05) is 25.2 Å². The number of methoxy groups -OCH3 is 1. The molecule has 1 amide bonds. The minimum atomic E-state index is -0.167. The molecule has 0 atom stereocenters. The zero-order valence-corrected chi connectivity index (χ0v) is 12.9. The number of hydrogen-bond acceptors (Lipinski definition) is 5. The zero-order chi connectivity index (χ0) is 14.5. The first-order valence-corrected chi connectivity index (χ1v) is 7.94. The number of nitrogens with two attached hydrogens (primary N) is 1. The number of carbonyl (C=O) groups is 1. The summed E-state index contributed by atoms with van der Waals surface area (Å²) >= 11 is 1.37. The van der Waals surface area contributed by atoms with Crippen LogP contribution in [0, 0.1) is 0 Å². The van der Waals surface area contributed by atoms with Crippen LogP contribution in [0.15, 0.2) is 0 Å². The Balaban J connectivity index is 2.19. The third kappa shape index (κ3) is 3.17. The van der Waals surface area contributed by atoms with Crippen LogP contribution in [0.3, 0.4) is 0 Å². The van der Waals surface area contributed by atoms with E-state index in [1.807, 2.05) is 0 Å². The van der Waals surface area contributed by atoms with Crippen molar-refractivity contribution in [1.82, 2.24) is 5.32 Å². The largest absolute Gasteiger partial charge is 0.492 e. The van der Waals surface area contributed by atoms with Crippen LogP contribution < -0.4 is 21.1 Å². The number of nitrogen functional groups attached to an aromatic ring is 1. The summed E-state index contributed by atoms with van der Waals surface area (Å²) in [5, 5.41) is 6.99. The second-order valence-corrected chi connectivity index (χ2v) is 6.14. The van der Waals surface area contributed by atoms with Crippen molar-refractivity contribution in [1.29, 1.82) is 0 Å². The predicted octanol–water partition coefficient (Wildman–Crippen LogP) is 2.83. The molecule has 0 aliphatic heterocycles. The molecule has 112 valence electrons. The maximum atomic E-state index is 11.8. The van der Waals surface area contributed by atoms with Gasteiger partial charge < -0.3 is 21.1 Å². The van der Waals surface area contributed by atoms with Crippen molar-refractivity contribution in [3.8, 4) is 5.75 Å². The molecule has 1 saturated carbocycles. The summed E-state index contributed by atoms with van der Waals surface area (Å²) < 4.78 is 5.37. The van der Waals surface area contributed by atoms with E-state index in [0.717, 1.165) is 17.8 Å². The van der Waals surface area contributed by atoms with Gasteiger partial charge in [0.25, 0.3) is 5.91 Å². The van der Waals surface area contributed by atoms with Crippen molar-refractivity contribution in [3.63, 3.8) is 0 Å². The Hall–Kier alpha value is -1.43. The molecule has 0 aromatic carbocycles. The van der Waals surface area contributed by atoms with E-state index < -0.39 is 0 Å². The molecule has 6 heteroatoms. The average molecular weight is 297 g/mol. The Morgan fingerprint density at radius 1 is 1.30 bits per heavy atom. The summed E-state index contributed by atoms with van der Waals surface area (Å²) in [7, 11) is 3.19. The molecule has 2 rings (SSSR count). The van der Waals surface area contributed by atoms with Crippen LogP contribution in [-0.2, 0) is 0 Å². The predicted molar refractivity (Wildman–Crippen MR) is 83.8 cm³/mol. The summed E-state index contributed by atoms with van der Waals surface area (Å²) in [5.41, 5.74) is 6.44. The van der Waals surface area contributed by atoms with E-state index in [0.29, 0.717) is 22.4 Å². The van der Waals surface area contributed by atoms with Crippen LogP contribution in [0.25, 0.3) is 0 Å². The van der Waals surface area contributed by atoms with Crippen LogP contribution in [-0.4, -0.2) is 26.1 Å². The summed E-state index contributed by atoms with van der Waals surface area (Å²) in [6.07, 6.45) is 7.45. The second kappa shape index (κ2) is 6.83. The standard InChI is InChI=1S/C14H23N3O2S/c1-16-13(18)12-10(15)11(19-2)14(20-12)17-9-7-5-3-4-6-8-9/h9,17H,3-8,15H2,1-2H3,(H,16,18). The van der Waals surface area contributed by atoms with E-state index in [9.17, 15) is 4.79 Å². The van der Waals surface area contributed by atoms with Crippen LogP contribution in [0.4, 0.5) is 10.7 Å². The number of thiophene rings is 1. The minimum absolute atomic E-state index is 0.167. The molecule has 0 unspecified atom stereocenters. The van der Waals surface area contributed by atoms with Crippen molar-refractivity contribution >= 4 is 27.9 Å². The number of ether oxygens (including phenoxy) is 1. The Bertz CT molecular complexity index is 465. The van der Waals surface area contributed by atoms with Gasteiger partial charge in [-0.25, -0.2) is 0 Å². The lowest BCUT2D eigenvalue weighted by molar-refractivity contribution is 0.0967. The van der Waals surface area contributed by atoms with Gasteiger partial charge in [0.1, 0.15) is 15.6 Å². The van der Waals surface area contributed by atoms with E-state index in [1.165, 1.54) is 37.0 Å². The number of nitrogens with one attached hydrogen (secondary N) is 2. The lowest BCUT2D eigenvalue weighted by Gasteiger charge is -2.17. The maximum absolute atomic E-state index is 11.8. The molecule has 0 saturated heterocycles. The molecule has 1 aromatic rings. The summed E-state index contributed by atoms with van der Waals surface area (Å²) in [6.45, 7) is 0. The molecule has 20 heavy (non-hydrogen) atoms. The van der Waals surface area contributed by atoms with Gasteiger partial charge in [-0.05, 0) is 12.8 Å². The number of anilines is 2. The lowest BCUT2D eigenvalue weighted by Crippen LogP contribution is -2.18. The van der Waals surface area contributed by atoms with Gasteiger partial charge in [0.05, 0.1) is 7.11 Å². The molecule has 1 aliphatic rings. The third-order valence-corrected chi connectivity index (χ3v) is 4.84. The first-order chi connectivity index (χ1) is 9.67. The fourth-order valence-electron chi connectivity index (χ4n) is 2.62. The highest BCUT2D eigenvalue weighted by molar-refractivity contribution is 7.19. The van der Waals surface area contributed by atoms with Crippen LogP contribution in [0.1, 0.15) is 48.2 Å². The lowest BCUT2D eigenvalue weighted by atomic mass is 10.1. The van der Waals surface area contributed by atoms with Gasteiger partial charge in [0.15, 0.2) is 5.75 Å². The molecule has 5 nitrogen and oxygen atoms in total. The van der Waals surface area contributed by atoms with Gasteiger partial charge >= 0.3 is 0 Å². The minimum Gasteiger partial charge on any atom is -0.492 e. The van der Waals surface area contributed by atoms with Gasteiger partial charge in [-0.3, -0.25) is 4.79 Å². The topological polar surface area (TPSA) is 76.4 Å². The van der Waals surface area contributed by atoms with Gasteiger partial charge in [0, 0.05) is 13.1 Å². The van der Waals surface area contributed by atoms with Gasteiger partial charge in [0.2, 0.25) is 0 Å². The maximum Gasteiger partial charge on any atom is 0.263 e. The monoisotopic (exact) mass is 297 g/mol. The number of amides is 1. The molecule has 0 bridgehead atoms. The summed E-state index contributed by atoms with van der Waals surface area (Å²) in [4.78, 5) is 12.3. The molecule has 1 fully saturated rings. The smallest absolute Gasteiger partial charge is 0.263 e. The van der Waals surface area contributed by atoms with Crippen molar-refractivity contribution in [3.05, 3.63) is 4.88 Å². The number of rotatable bonds is 4. The van der Waals surface area contributed by atoms with Crippen LogP contribution in [0.5, 0.6) is 5.75 Å². The zero-order valence-electron chi connectivity index (χ0n) is 12.1. The van der Waals surface area contributed by atoms with Crippen molar-refractivity contribution in [2.24, 2.45) is 0 Å². The Morgan fingerprint density at radius 2 is 1.95 bits per heavy atom. The van der Waals surface area contributed by atoms with E-state index in [1.54, 1.807) is 14.2 Å². The van der Waals surface area contributed by atoms with E-state index in [2.05, 4.69) is 10.6 Å². The molecule has 0 radical (unpaired) electrons. The van der Waals surface area contributed by atoms with Crippen molar-refractivity contribution < 1.29 is 9.53 Å².